The summed E-state index contributed by atoms with van der Waals surface area (Å²) in [4.78, 5) is 0. The van der Waals surface area contributed by atoms with Crippen LogP contribution in [0.25, 0.3) is 11.1 Å². The summed E-state index contributed by atoms with van der Waals surface area (Å²) in [5.74, 6) is 0. The SMILES string of the molecule is Cc1ccccc1C1(c2ccccc2C)c2ccccc2-c2c(C)cccc21. The molecule has 0 heteroatoms. The fraction of sp³-hybridized carbons (Fsp3) is 0.143. The van der Waals surface area contributed by atoms with Crippen LogP contribution in [0.15, 0.2) is 91.0 Å². The molecule has 4 aromatic carbocycles. The first-order valence-electron chi connectivity index (χ1n) is 9.98. The van der Waals surface area contributed by atoms with Gasteiger partial charge in [-0.25, -0.2) is 0 Å². The Labute approximate surface area is 167 Å². The summed E-state index contributed by atoms with van der Waals surface area (Å²) in [7, 11) is 0. The van der Waals surface area contributed by atoms with E-state index in [4.69, 9.17) is 0 Å². The molecule has 0 heterocycles. The monoisotopic (exact) mass is 360 g/mol. The highest BCUT2D eigenvalue weighted by atomic mass is 14.5. The van der Waals surface area contributed by atoms with Crippen LogP contribution in [-0.4, -0.2) is 0 Å². The molecule has 0 atom stereocenters. The summed E-state index contributed by atoms with van der Waals surface area (Å²) >= 11 is 0. The van der Waals surface area contributed by atoms with E-state index in [1.165, 1.54) is 50.1 Å². The summed E-state index contributed by atoms with van der Waals surface area (Å²) in [5, 5.41) is 0. The molecule has 0 saturated heterocycles. The fourth-order valence-corrected chi connectivity index (χ4v) is 5.22. The number of benzene rings is 4. The van der Waals surface area contributed by atoms with Gasteiger partial charge in [0.2, 0.25) is 0 Å². The molecule has 0 aliphatic heterocycles. The maximum atomic E-state index is 2.33. The normalized spacial score (nSPS) is 13.8. The van der Waals surface area contributed by atoms with Crippen molar-refractivity contribution in [2.45, 2.75) is 26.2 Å². The lowest BCUT2D eigenvalue weighted by molar-refractivity contribution is 0.753. The van der Waals surface area contributed by atoms with Gasteiger partial charge in [0.15, 0.2) is 0 Å². The van der Waals surface area contributed by atoms with Crippen molar-refractivity contribution in [1.29, 1.82) is 0 Å². The second-order valence-electron chi connectivity index (χ2n) is 7.92. The van der Waals surface area contributed by atoms with Gasteiger partial charge in [-0.15, -0.1) is 0 Å². The third-order valence-corrected chi connectivity index (χ3v) is 6.38. The molecule has 0 nitrogen and oxygen atoms in total. The predicted octanol–water partition coefficient (Wildman–Crippen LogP) is 6.97. The standard InChI is InChI=1S/C28H24/c1-19-11-4-7-15-23(19)28(24-16-8-5-12-20(24)2)25-17-9-6-14-22(25)27-21(3)13-10-18-26(27)28/h4-18H,1-3H3. The highest BCUT2D eigenvalue weighted by molar-refractivity contribution is 5.88. The Bertz CT molecular complexity index is 1150. The summed E-state index contributed by atoms with van der Waals surface area (Å²) in [6.45, 7) is 6.72. The third kappa shape index (κ3) is 2.12. The molecule has 4 aromatic rings. The number of hydrogen-bond donors (Lipinski definition) is 0. The molecule has 0 amide bonds. The van der Waals surface area contributed by atoms with Gasteiger partial charge in [-0.3, -0.25) is 0 Å². The average molecular weight is 361 g/mol. The Morgan fingerprint density at radius 2 is 0.893 bits per heavy atom. The van der Waals surface area contributed by atoms with E-state index in [0.29, 0.717) is 0 Å². The summed E-state index contributed by atoms with van der Waals surface area (Å²) in [6, 6.07) is 33.5. The minimum Gasteiger partial charge on any atom is -0.0620 e. The van der Waals surface area contributed by atoms with Crippen molar-refractivity contribution in [3.8, 4) is 11.1 Å². The molecule has 0 bridgehead atoms. The van der Waals surface area contributed by atoms with Gasteiger partial charge in [0.05, 0.1) is 5.41 Å². The zero-order chi connectivity index (χ0) is 19.3. The van der Waals surface area contributed by atoms with Crippen LogP contribution in [0.1, 0.15) is 38.9 Å². The van der Waals surface area contributed by atoms with E-state index < -0.39 is 0 Å². The van der Waals surface area contributed by atoms with Gasteiger partial charge < -0.3 is 0 Å². The molecule has 0 fully saturated rings. The summed E-state index contributed by atoms with van der Waals surface area (Å²) in [5.41, 5.74) is 12.0. The molecule has 0 radical (unpaired) electrons. The first-order valence-corrected chi connectivity index (χ1v) is 9.98. The molecule has 5 rings (SSSR count). The molecule has 0 saturated carbocycles. The Morgan fingerprint density at radius 3 is 1.50 bits per heavy atom. The molecule has 1 aliphatic carbocycles. The van der Waals surface area contributed by atoms with Crippen molar-refractivity contribution < 1.29 is 0 Å². The molecule has 136 valence electrons. The fourth-order valence-electron chi connectivity index (χ4n) is 5.22. The van der Waals surface area contributed by atoms with Gasteiger partial charge in [0.1, 0.15) is 0 Å². The lowest BCUT2D eigenvalue weighted by Crippen LogP contribution is -2.30. The number of rotatable bonds is 2. The van der Waals surface area contributed by atoms with Crippen LogP contribution in [0.5, 0.6) is 0 Å². The van der Waals surface area contributed by atoms with Crippen molar-refractivity contribution in [3.05, 3.63) is 130 Å². The minimum absolute atomic E-state index is 0.283. The topological polar surface area (TPSA) is 0 Å². The van der Waals surface area contributed by atoms with E-state index in [1.54, 1.807) is 0 Å². The first-order chi connectivity index (χ1) is 13.7. The average Bonchev–Trinajstić information content (AvgIpc) is 3.01. The van der Waals surface area contributed by atoms with E-state index in [0.717, 1.165) is 0 Å². The smallest absolute Gasteiger partial charge is 0.0620 e. The predicted molar refractivity (Wildman–Crippen MR) is 118 cm³/mol. The molecular weight excluding hydrogens is 336 g/mol. The second kappa shape index (κ2) is 6.21. The number of fused-ring (bicyclic) bond motifs is 3. The van der Waals surface area contributed by atoms with Crippen LogP contribution in [-0.2, 0) is 5.41 Å². The maximum absolute atomic E-state index is 2.33. The van der Waals surface area contributed by atoms with Gasteiger partial charge in [-0.2, -0.15) is 0 Å². The molecule has 0 unspecified atom stereocenters. The lowest BCUT2D eigenvalue weighted by atomic mass is 9.65. The quantitative estimate of drug-likeness (QED) is 0.319. The molecule has 0 aromatic heterocycles. The van der Waals surface area contributed by atoms with Crippen molar-refractivity contribution in [3.63, 3.8) is 0 Å². The van der Waals surface area contributed by atoms with Crippen LogP contribution >= 0.6 is 0 Å². The van der Waals surface area contributed by atoms with Gasteiger partial charge in [0, 0.05) is 0 Å². The zero-order valence-corrected chi connectivity index (χ0v) is 16.7. The second-order valence-corrected chi connectivity index (χ2v) is 7.92. The zero-order valence-electron chi connectivity index (χ0n) is 16.7. The molecule has 0 spiro atoms. The Kier molecular flexibility index (Phi) is 3.77. The molecular formula is C28H24. The van der Waals surface area contributed by atoms with E-state index in [1.807, 2.05) is 0 Å². The third-order valence-electron chi connectivity index (χ3n) is 6.38. The van der Waals surface area contributed by atoms with Crippen molar-refractivity contribution in [2.75, 3.05) is 0 Å². The van der Waals surface area contributed by atoms with Crippen molar-refractivity contribution >= 4 is 0 Å². The first kappa shape index (κ1) is 17.0. The van der Waals surface area contributed by atoms with E-state index >= 15 is 0 Å². The summed E-state index contributed by atoms with van der Waals surface area (Å²) in [6.07, 6.45) is 0. The van der Waals surface area contributed by atoms with Gasteiger partial charge in [0.25, 0.3) is 0 Å². The van der Waals surface area contributed by atoms with Crippen molar-refractivity contribution in [1.82, 2.24) is 0 Å². The minimum atomic E-state index is -0.283. The Hall–Kier alpha value is -3.12. The van der Waals surface area contributed by atoms with E-state index in [2.05, 4.69) is 112 Å². The Balaban J connectivity index is 2.05. The van der Waals surface area contributed by atoms with Gasteiger partial charge in [-0.1, -0.05) is 91.0 Å². The van der Waals surface area contributed by atoms with Crippen LogP contribution < -0.4 is 0 Å². The lowest BCUT2D eigenvalue weighted by Gasteiger charge is -2.36. The maximum Gasteiger partial charge on any atom is 0.0718 e. The van der Waals surface area contributed by atoms with Crippen LogP contribution in [0.3, 0.4) is 0 Å². The van der Waals surface area contributed by atoms with E-state index in [9.17, 15) is 0 Å². The van der Waals surface area contributed by atoms with Gasteiger partial charge >= 0.3 is 0 Å². The summed E-state index contributed by atoms with van der Waals surface area (Å²) < 4.78 is 0. The molecule has 0 N–H and O–H groups in total. The van der Waals surface area contributed by atoms with Crippen LogP contribution in [0.4, 0.5) is 0 Å². The largest absolute Gasteiger partial charge is 0.0718 e. The van der Waals surface area contributed by atoms with E-state index in [-0.39, 0.29) is 5.41 Å². The highest BCUT2D eigenvalue weighted by Crippen LogP contribution is 2.57. The van der Waals surface area contributed by atoms with Crippen LogP contribution in [0.2, 0.25) is 0 Å². The molecule has 28 heavy (non-hydrogen) atoms. The Morgan fingerprint density at radius 1 is 0.429 bits per heavy atom. The van der Waals surface area contributed by atoms with Crippen LogP contribution in [0, 0.1) is 20.8 Å². The van der Waals surface area contributed by atoms with Crippen molar-refractivity contribution in [2.24, 2.45) is 0 Å². The number of hydrogen-bond acceptors (Lipinski definition) is 0. The highest BCUT2D eigenvalue weighted by Gasteiger charge is 2.47. The number of aryl methyl sites for hydroxylation is 3. The molecule has 1 aliphatic rings. The van der Waals surface area contributed by atoms with Gasteiger partial charge in [-0.05, 0) is 70.8 Å².